The van der Waals surface area contributed by atoms with Gasteiger partial charge in [0.15, 0.2) is 0 Å². The van der Waals surface area contributed by atoms with E-state index >= 15 is 0 Å². The third-order valence-corrected chi connectivity index (χ3v) is 7.19. The highest BCUT2D eigenvalue weighted by atomic mass is 17.2. The Balaban J connectivity index is 1.42. The van der Waals surface area contributed by atoms with Gasteiger partial charge in [0.1, 0.15) is 36.2 Å². The summed E-state index contributed by atoms with van der Waals surface area (Å²) in [5.41, 5.74) is 4.02. The third-order valence-electron chi connectivity index (χ3n) is 7.19. The van der Waals surface area contributed by atoms with Crippen molar-refractivity contribution in [3.8, 4) is 11.5 Å². The number of allylic oxidation sites excluding steroid dienone is 4. The minimum atomic E-state index is -1.51. The quantitative estimate of drug-likeness (QED) is 0.0259. The summed E-state index contributed by atoms with van der Waals surface area (Å²) in [7, 11) is -1.51. The van der Waals surface area contributed by atoms with Crippen molar-refractivity contribution in [3.63, 3.8) is 0 Å². The van der Waals surface area contributed by atoms with Gasteiger partial charge < -0.3 is 33.9 Å². The summed E-state index contributed by atoms with van der Waals surface area (Å²) in [5, 5.41) is 18.4. The number of hydrogen-bond acceptors (Lipinski definition) is 10. The summed E-state index contributed by atoms with van der Waals surface area (Å²) in [6.07, 6.45) is 2.60. The predicted octanol–water partition coefficient (Wildman–Crippen LogP) is 5.73. The van der Waals surface area contributed by atoms with Gasteiger partial charge in [-0.3, -0.25) is 0 Å². The molecule has 0 unspecified atom stereocenters. The lowest BCUT2D eigenvalue weighted by molar-refractivity contribution is -0.272. The van der Waals surface area contributed by atoms with Crippen LogP contribution in [0.15, 0.2) is 108 Å². The Morgan fingerprint density at radius 1 is 0.723 bits per heavy atom. The summed E-state index contributed by atoms with van der Waals surface area (Å²) in [6.45, 7) is 11.9. The first-order valence-electron chi connectivity index (χ1n) is 15.1. The fraction of sp³-hybridized carbons (Fsp3) is 0.278. The first kappa shape index (κ1) is 36.6. The largest absolute Gasteiger partial charge is 0.494 e. The van der Waals surface area contributed by atoms with Crippen molar-refractivity contribution in [2.45, 2.75) is 53.8 Å². The highest BCUT2D eigenvalue weighted by molar-refractivity contribution is 6.58. The molecule has 47 heavy (non-hydrogen) atoms. The van der Waals surface area contributed by atoms with E-state index in [9.17, 15) is 19.6 Å². The Bertz CT molecular complexity index is 1530. The molecule has 248 valence electrons. The van der Waals surface area contributed by atoms with Crippen LogP contribution in [-0.4, -0.2) is 42.3 Å². The molecule has 0 amide bonds. The first-order valence-corrected chi connectivity index (χ1v) is 15.1. The van der Waals surface area contributed by atoms with Crippen molar-refractivity contribution < 1.29 is 48.4 Å². The molecule has 0 fully saturated rings. The zero-order chi connectivity index (χ0) is 34.2. The number of unbranched alkanes of at least 4 members (excludes halogenated alkanes) is 1. The molecule has 3 rings (SSSR count). The molecule has 0 spiro atoms. The van der Waals surface area contributed by atoms with E-state index in [4.69, 9.17) is 28.7 Å². The van der Waals surface area contributed by atoms with Gasteiger partial charge in [-0.2, -0.15) is 4.89 Å². The van der Waals surface area contributed by atoms with Crippen LogP contribution in [0.5, 0.6) is 11.5 Å². The van der Waals surface area contributed by atoms with E-state index in [0.29, 0.717) is 47.9 Å². The van der Waals surface area contributed by atoms with Gasteiger partial charge >= 0.3 is 19.1 Å². The summed E-state index contributed by atoms with van der Waals surface area (Å²) in [6, 6.07) is 20.8. The molecule has 0 aliphatic heterocycles. The summed E-state index contributed by atoms with van der Waals surface area (Å²) < 4.78 is 22.0. The molecule has 0 atom stereocenters. The smallest absolute Gasteiger partial charge is 0.488 e. The van der Waals surface area contributed by atoms with E-state index in [1.165, 1.54) is 0 Å². The van der Waals surface area contributed by atoms with E-state index in [2.05, 4.69) is 6.58 Å². The van der Waals surface area contributed by atoms with Crippen molar-refractivity contribution in [2.75, 3.05) is 13.2 Å². The average molecular weight is 645 g/mol. The molecule has 0 aromatic heterocycles. The van der Waals surface area contributed by atoms with Gasteiger partial charge in [-0.05, 0) is 105 Å². The number of benzene rings is 3. The number of carbonyl (C=O) groups is 2. The topological polar surface area (TPSA) is 130 Å². The van der Waals surface area contributed by atoms with E-state index in [1.807, 2.05) is 38.1 Å². The molecule has 0 radical (unpaired) electrons. The number of esters is 2. The lowest BCUT2D eigenvalue weighted by Crippen LogP contribution is -2.29. The van der Waals surface area contributed by atoms with Crippen LogP contribution in [0.3, 0.4) is 0 Å². The van der Waals surface area contributed by atoms with Gasteiger partial charge in [0, 0.05) is 6.08 Å². The summed E-state index contributed by atoms with van der Waals surface area (Å²) in [4.78, 5) is 34.7. The van der Waals surface area contributed by atoms with Gasteiger partial charge in [-0.25, -0.2) is 9.59 Å². The van der Waals surface area contributed by atoms with Crippen molar-refractivity contribution in [1.29, 1.82) is 0 Å². The second-order valence-corrected chi connectivity index (χ2v) is 10.6. The van der Waals surface area contributed by atoms with Crippen LogP contribution in [0.1, 0.15) is 62.0 Å². The van der Waals surface area contributed by atoms with Crippen molar-refractivity contribution >= 4 is 24.5 Å². The number of ether oxygens (including phenoxy) is 4. The van der Waals surface area contributed by atoms with Crippen molar-refractivity contribution in [3.05, 3.63) is 125 Å². The van der Waals surface area contributed by atoms with Crippen LogP contribution >= 0.6 is 0 Å². The monoisotopic (exact) mass is 644 g/mol. The lowest BCUT2D eigenvalue weighted by atomic mass is 9.80. The molecule has 11 heteroatoms. The van der Waals surface area contributed by atoms with E-state index < -0.39 is 19.1 Å². The van der Waals surface area contributed by atoms with Gasteiger partial charge in [0.2, 0.25) is 0 Å². The molecule has 3 aromatic carbocycles. The molecule has 2 N–H and O–H groups in total. The van der Waals surface area contributed by atoms with E-state index in [1.54, 1.807) is 62.4 Å². The minimum absolute atomic E-state index is 0.218. The number of carbonyl (C=O) groups excluding carboxylic acids is 2. The fourth-order valence-corrected chi connectivity index (χ4v) is 4.00. The summed E-state index contributed by atoms with van der Waals surface area (Å²) >= 11 is 0. The average Bonchev–Trinajstić information content (AvgIpc) is 3.08. The Labute approximate surface area is 275 Å². The molecule has 0 bridgehead atoms. The molecule has 0 aliphatic rings. The maximum absolute atomic E-state index is 12.8. The maximum Gasteiger partial charge on any atom is 0.488 e. The zero-order valence-electron chi connectivity index (χ0n) is 27.2. The summed E-state index contributed by atoms with van der Waals surface area (Å²) in [5.74, 6) is 1.33. The second-order valence-electron chi connectivity index (χ2n) is 10.6. The zero-order valence-corrected chi connectivity index (χ0v) is 27.2. The van der Waals surface area contributed by atoms with Crippen molar-refractivity contribution in [2.24, 2.45) is 0 Å². The van der Waals surface area contributed by atoms with Gasteiger partial charge in [-0.1, -0.05) is 43.0 Å². The molecule has 0 saturated carbocycles. The Hall–Kier alpha value is -4.84. The SMILES string of the molecule is C=CC(=O)OCCCCOc1ccc(COO/C(C)=C(C)/C(C)=C(\C)OC(=O)c2ccc(OCc3ccc(B(O)O)cc3)cc2)cc1. The minimum Gasteiger partial charge on any atom is -0.494 e. The maximum atomic E-state index is 12.8. The van der Waals surface area contributed by atoms with Gasteiger partial charge in [0.05, 0.1) is 18.8 Å². The standard InChI is InChI=1S/C36H41BO10/c1-6-35(38)43-22-8-7-21-42-33-17-11-30(12-18-33)24-45-47-28(5)26(3)25(2)27(4)46-36(39)31-13-19-34(20-14-31)44-23-29-9-15-32(16-10-29)37(40)41/h6,9-20,40-41H,1,7-8,21-24H2,2-5H3/b27-25+,28-26+. The third kappa shape index (κ3) is 12.5. The van der Waals surface area contributed by atoms with Gasteiger partial charge in [-0.15, -0.1) is 0 Å². The first-order chi connectivity index (χ1) is 22.6. The van der Waals surface area contributed by atoms with E-state index in [0.717, 1.165) is 40.5 Å². The lowest BCUT2D eigenvalue weighted by Gasteiger charge is -2.13. The second kappa shape index (κ2) is 19.0. The number of rotatable bonds is 18. The molecule has 0 saturated heterocycles. The molecular formula is C36H41BO10. The molecule has 10 nitrogen and oxygen atoms in total. The molecule has 0 aliphatic carbocycles. The molecular weight excluding hydrogens is 603 g/mol. The Morgan fingerprint density at radius 2 is 1.28 bits per heavy atom. The van der Waals surface area contributed by atoms with Crippen LogP contribution in [0.25, 0.3) is 0 Å². The van der Waals surface area contributed by atoms with Crippen LogP contribution in [0, 0.1) is 0 Å². The molecule has 0 heterocycles. The fourth-order valence-electron chi connectivity index (χ4n) is 4.00. The van der Waals surface area contributed by atoms with Gasteiger partial charge in [0.25, 0.3) is 0 Å². The molecule has 3 aromatic rings. The van der Waals surface area contributed by atoms with E-state index in [-0.39, 0.29) is 13.2 Å². The van der Waals surface area contributed by atoms with Crippen LogP contribution in [-0.2, 0) is 37.3 Å². The predicted molar refractivity (Wildman–Crippen MR) is 177 cm³/mol. The van der Waals surface area contributed by atoms with Crippen LogP contribution in [0.2, 0.25) is 0 Å². The Morgan fingerprint density at radius 3 is 1.91 bits per heavy atom. The highest BCUT2D eigenvalue weighted by Gasteiger charge is 2.13. The van der Waals surface area contributed by atoms with Crippen LogP contribution < -0.4 is 14.9 Å². The Kier molecular flexibility index (Phi) is 14.8. The van der Waals surface area contributed by atoms with Crippen LogP contribution in [0.4, 0.5) is 0 Å². The highest BCUT2D eigenvalue weighted by Crippen LogP contribution is 2.22. The number of hydrogen-bond donors (Lipinski definition) is 2. The normalized spacial score (nSPS) is 11.9. The van der Waals surface area contributed by atoms with Crippen molar-refractivity contribution in [1.82, 2.24) is 0 Å².